The first-order valence-electron chi connectivity index (χ1n) is 3.75. The second-order valence-corrected chi connectivity index (χ2v) is 2.50. The van der Waals surface area contributed by atoms with Crippen LogP contribution in [0.2, 0.25) is 0 Å². The highest BCUT2D eigenvalue weighted by Crippen LogP contribution is 1.92. The molecule has 6 nitrogen and oxygen atoms in total. The van der Waals surface area contributed by atoms with Crippen LogP contribution in [0.1, 0.15) is 12.7 Å². The molecule has 0 saturated heterocycles. The van der Waals surface area contributed by atoms with Gasteiger partial charge in [-0.15, -0.1) is 0 Å². The zero-order valence-electron chi connectivity index (χ0n) is 7.11. The number of hydrogen-bond acceptors (Lipinski definition) is 4. The van der Waals surface area contributed by atoms with Crippen LogP contribution < -0.4 is 5.32 Å². The van der Waals surface area contributed by atoms with E-state index in [0.717, 1.165) is 0 Å². The van der Waals surface area contributed by atoms with Gasteiger partial charge in [0.15, 0.2) is 0 Å². The third-order valence-corrected chi connectivity index (χ3v) is 1.48. The van der Waals surface area contributed by atoms with Crippen molar-refractivity contribution >= 4 is 5.91 Å². The number of nitrogens with one attached hydrogen (secondary N) is 2. The molecule has 0 aliphatic rings. The number of carbonyl (C=O) groups excluding carboxylic acids is 1. The van der Waals surface area contributed by atoms with E-state index in [9.17, 15) is 4.79 Å². The van der Waals surface area contributed by atoms with Gasteiger partial charge < -0.3 is 5.32 Å². The number of amides is 1. The second kappa shape index (κ2) is 4.21. The fourth-order valence-electron chi connectivity index (χ4n) is 0.699. The molecule has 13 heavy (non-hydrogen) atoms. The van der Waals surface area contributed by atoms with E-state index in [-0.39, 0.29) is 12.5 Å². The van der Waals surface area contributed by atoms with E-state index in [1.54, 1.807) is 0 Å². The SMILES string of the molecule is CC(C#N)C(=O)NCc1ncn[nH]1. The maximum atomic E-state index is 11.1. The summed E-state index contributed by atoms with van der Waals surface area (Å²) in [6.45, 7) is 1.81. The third kappa shape index (κ3) is 2.56. The minimum atomic E-state index is -0.636. The Morgan fingerprint density at radius 3 is 3.23 bits per heavy atom. The van der Waals surface area contributed by atoms with Gasteiger partial charge in [0.2, 0.25) is 5.91 Å². The lowest BCUT2D eigenvalue weighted by Gasteiger charge is -2.02. The number of hydrogen-bond donors (Lipinski definition) is 2. The third-order valence-electron chi connectivity index (χ3n) is 1.48. The number of H-pyrrole nitrogens is 1. The highest BCUT2D eigenvalue weighted by Gasteiger charge is 2.10. The summed E-state index contributed by atoms with van der Waals surface area (Å²) in [6, 6.07) is 1.84. The van der Waals surface area contributed by atoms with Crippen LogP contribution in [0, 0.1) is 17.2 Å². The number of nitrogens with zero attached hydrogens (tertiary/aromatic N) is 3. The Morgan fingerprint density at radius 2 is 2.69 bits per heavy atom. The molecule has 6 heteroatoms. The number of aromatic amines is 1. The van der Waals surface area contributed by atoms with Crippen molar-refractivity contribution < 1.29 is 4.79 Å². The molecule has 0 aliphatic heterocycles. The summed E-state index contributed by atoms with van der Waals surface area (Å²) in [6.07, 6.45) is 1.36. The molecule has 0 spiro atoms. The molecule has 0 aliphatic carbocycles. The average Bonchev–Trinajstić information content (AvgIpc) is 2.65. The van der Waals surface area contributed by atoms with Crippen LogP contribution in [-0.2, 0) is 11.3 Å². The molecule has 1 unspecified atom stereocenters. The van der Waals surface area contributed by atoms with E-state index in [4.69, 9.17) is 5.26 Å². The van der Waals surface area contributed by atoms with Crippen molar-refractivity contribution in [3.05, 3.63) is 12.2 Å². The fourth-order valence-corrected chi connectivity index (χ4v) is 0.699. The summed E-state index contributed by atoms with van der Waals surface area (Å²) in [5.74, 6) is -0.375. The number of carbonyl (C=O) groups is 1. The summed E-state index contributed by atoms with van der Waals surface area (Å²) in [5.41, 5.74) is 0. The van der Waals surface area contributed by atoms with Crippen molar-refractivity contribution in [2.75, 3.05) is 0 Å². The molecule has 0 radical (unpaired) electrons. The van der Waals surface area contributed by atoms with Crippen LogP contribution in [-0.4, -0.2) is 21.1 Å². The van der Waals surface area contributed by atoms with Gasteiger partial charge in [-0.05, 0) is 6.92 Å². The Kier molecular flexibility index (Phi) is 2.97. The Labute approximate surface area is 75.0 Å². The topological polar surface area (TPSA) is 94.5 Å². The highest BCUT2D eigenvalue weighted by atomic mass is 16.1. The van der Waals surface area contributed by atoms with Gasteiger partial charge in [0, 0.05) is 0 Å². The van der Waals surface area contributed by atoms with Crippen molar-refractivity contribution in [1.29, 1.82) is 5.26 Å². The molecule has 0 bridgehead atoms. The van der Waals surface area contributed by atoms with Gasteiger partial charge in [-0.3, -0.25) is 9.89 Å². The molecule has 1 amide bonds. The molecule has 1 aromatic rings. The first kappa shape index (κ1) is 9.19. The lowest BCUT2D eigenvalue weighted by Crippen LogP contribution is -2.28. The normalized spacial score (nSPS) is 11.7. The van der Waals surface area contributed by atoms with Gasteiger partial charge in [0.05, 0.1) is 12.6 Å². The standard InChI is InChI=1S/C7H9N5O/c1-5(2-8)7(13)9-3-6-10-4-11-12-6/h4-5H,3H2,1H3,(H,9,13)(H,10,11,12). The van der Waals surface area contributed by atoms with Gasteiger partial charge >= 0.3 is 0 Å². The van der Waals surface area contributed by atoms with Gasteiger partial charge in [-0.1, -0.05) is 0 Å². The zero-order valence-corrected chi connectivity index (χ0v) is 7.11. The Morgan fingerprint density at radius 1 is 1.92 bits per heavy atom. The van der Waals surface area contributed by atoms with Crippen LogP contribution in [0.5, 0.6) is 0 Å². The van der Waals surface area contributed by atoms with Crippen molar-refractivity contribution in [1.82, 2.24) is 20.5 Å². The van der Waals surface area contributed by atoms with Crippen molar-refractivity contribution in [2.45, 2.75) is 13.5 Å². The molecule has 1 heterocycles. The summed E-state index contributed by atoms with van der Waals surface area (Å²) >= 11 is 0. The highest BCUT2D eigenvalue weighted by molar-refractivity contribution is 5.80. The molecule has 0 saturated carbocycles. The van der Waals surface area contributed by atoms with Crippen molar-refractivity contribution in [3.63, 3.8) is 0 Å². The minimum Gasteiger partial charge on any atom is -0.348 e. The lowest BCUT2D eigenvalue weighted by molar-refractivity contribution is -0.123. The molecule has 68 valence electrons. The zero-order chi connectivity index (χ0) is 9.68. The first-order valence-corrected chi connectivity index (χ1v) is 3.75. The molecular formula is C7H9N5O. The molecule has 2 N–H and O–H groups in total. The Balaban J connectivity index is 2.36. The lowest BCUT2D eigenvalue weighted by atomic mass is 10.2. The summed E-state index contributed by atoms with van der Waals surface area (Å²) in [5, 5.41) is 17.2. The molecule has 1 rings (SSSR count). The van der Waals surface area contributed by atoms with Crippen LogP contribution >= 0.6 is 0 Å². The van der Waals surface area contributed by atoms with Crippen LogP contribution in [0.3, 0.4) is 0 Å². The number of nitriles is 1. The second-order valence-electron chi connectivity index (χ2n) is 2.50. The van der Waals surface area contributed by atoms with Gasteiger partial charge in [-0.2, -0.15) is 10.4 Å². The van der Waals surface area contributed by atoms with Crippen molar-refractivity contribution in [2.24, 2.45) is 5.92 Å². The Hall–Kier alpha value is -1.90. The summed E-state index contributed by atoms with van der Waals surface area (Å²) < 4.78 is 0. The predicted octanol–water partition coefficient (Wildman–Crippen LogP) is -0.419. The maximum absolute atomic E-state index is 11.1. The Bertz CT molecular complexity index is 312. The van der Waals surface area contributed by atoms with Gasteiger partial charge in [0.1, 0.15) is 18.1 Å². The quantitative estimate of drug-likeness (QED) is 0.658. The smallest absolute Gasteiger partial charge is 0.237 e. The van der Waals surface area contributed by atoms with Crippen molar-refractivity contribution in [3.8, 4) is 6.07 Å². The van der Waals surface area contributed by atoms with Crippen LogP contribution in [0.4, 0.5) is 0 Å². The van der Waals surface area contributed by atoms with E-state index >= 15 is 0 Å². The fraction of sp³-hybridized carbons (Fsp3) is 0.429. The van der Waals surface area contributed by atoms with E-state index in [0.29, 0.717) is 5.82 Å². The summed E-state index contributed by atoms with van der Waals surface area (Å²) in [4.78, 5) is 14.9. The van der Waals surface area contributed by atoms with Crippen LogP contribution in [0.25, 0.3) is 0 Å². The van der Waals surface area contributed by atoms with Gasteiger partial charge in [0.25, 0.3) is 0 Å². The van der Waals surface area contributed by atoms with E-state index in [2.05, 4.69) is 20.5 Å². The largest absolute Gasteiger partial charge is 0.348 e. The molecule has 1 atom stereocenters. The molecular weight excluding hydrogens is 170 g/mol. The molecule has 0 fully saturated rings. The number of aromatic nitrogens is 3. The van der Waals surface area contributed by atoms with E-state index < -0.39 is 5.92 Å². The molecule has 1 aromatic heterocycles. The maximum Gasteiger partial charge on any atom is 0.237 e. The number of rotatable bonds is 3. The van der Waals surface area contributed by atoms with E-state index in [1.807, 2.05) is 6.07 Å². The van der Waals surface area contributed by atoms with Gasteiger partial charge in [-0.25, -0.2) is 4.98 Å². The molecule has 0 aromatic carbocycles. The monoisotopic (exact) mass is 179 g/mol. The van der Waals surface area contributed by atoms with E-state index in [1.165, 1.54) is 13.3 Å². The minimum absolute atomic E-state index is 0.269. The average molecular weight is 179 g/mol. The predicted molar refractivity (Wildman–Crippen MR) is 43.0 cm³/mol. The first-order chi connectivity index (χ1) is 6.24. The summed E-state index contributed by atoms with van der Waals surface area (Å²) in [7, 11) is 0. The van der Waals surface area contributed by atoms with Crippen LogP contribution in [0.15, 0.2) is 6.33 Å².